The normalized spacial score (nSPS) is 11.4. The van der Waals surface area contributed by atoms with Gasteiger partial charge in [-0.15, -0.1) is 0 Å². The number of ether oxygens (including phenoxy) is 2. The first kappa shape index (κ1) is 21.2. The van der Waals surface area contributed by atoms with Crippen LogP contribution in [0.15, 0.2) is 88.6 Å². The van der Waals surface area contributed by atoms with Gasteiger partial charge in [-0.1, -0.05) is 30.3 Å². The van der Waals surface area contributed by atoms with Gasteiger partial charge in [-0.05, 0) is 61.0 Å². The molecule has 3 aromatic carbocycles. The van der Waals surface area contributed by atoms with E-state index in [1.165, 1.54) is 4.68 Å². The number of hydrogen-bond acceptors (Lipinski definition) is 4. The van der Waals surface area contributed by atoms with Crippen LogP contribution in [0, 0.1) is 0 Å². The minimum Gasteiger partial charge on any atom is -0.497 e. The van der Waals surface area contributed by atoms with E-state index in [0.717, 1.165) is 22.6 Å². The van der Waals surface area contributed by atoms with Crippen molar-refractivity contribution in [2.45, 2.75) is 13.5 Å². The molecule has 0 aliphatic carbocycles. The number of nitrogens with one attached hydrogen (secondary N) is 1. The summed E-state index contributed by atoms with van der Waals surface area (Å²) in [4.78, 5) is 18.2. The first-order valence-corrected chi connectivity index (χ1v) is 10.3. The van der Waals surface area contributed by atoms with Gasteiger partial charge in [-0.2, -0.15) is 0 Å². The van der Waals surface area contributed by atoms with Crippen LogP contribution in [0.1, 0.15) is 18.1 Å². The number of rotatable bonds is 7. The summed E-state index contributed by atoms with van der Waals surface area (Å²) < 4.78 is 12.1. The van der Waals surface area contributed by atoms with Gasteiger partial charge in [0.15, 0.2) is 0 Å². The standard InChI is InChI=1S/C26H25N3O3/c1-18(27-17-19-7-5-4-6-8-19)24-25(20-9-13-22(31-2)14-10-20)28-29(26(24)30)21-11-15-23(32-3)16-12-21/h4-16,28H,17H2,1-3H3. The third kappa shape index (κ3) is 4.34. The Morgan fingerprint density at radius 1 is 0.875 bits per heavy atom. The van der Waals surface area contributed by atoms with E-state index in [2.05, 4.69) is 5.10 Å². The maximum absolute atomic E-state index is 13.5. The Balaban J connectivity index is 1.81. The lowest BCUT2D eigenvalue weighted by atomic mass is 10.0. The van der Waals surface area contributed by atoms with Crippen molar-refractivity contribution < 1.29 is 9.47 Å². The third-order valence-electron chi connectivity index (χ3n) is 5.30. The molecule has 0 bridgehead atoms. The van der Waals surface area contributed by atoms with Crippen molar-refractivity contribution in [1.29, 1.82) is 0 Å². The summed E-state index contributed by atoms with van der Waals surface area (Å²) in [5, 5.41) is 3.28. The Labute approximate surface area is 186 Å². The van der Waals surface area contributed by atoms with Crippen molar-refractivity contribution in [2.75, 3.05) is 14.2 Å². The van der Waals surface area contributed by atoms with E-state index in [-0.39, 0.29) is 5.56 Å². The minimum atomic E-state index is -0.157. The molecular formula is C26H25N3O3. The molecule has 0 aliphatic rings. The zero-order chi connectivity index (χ0) is 22.5. The van der Waals surface area contributed by atoms with Crippen LogP contribution in [0.2, 0.25) is 0 Å². The lowest BCUT2D eigenvalue weighted by Crippen LogP contribution is -2.19. The molecule has 6 heteroatoms. The highest BCUT2D eigenvalue weighted by Gasteiger charge is 2.19. The molecule has 0 saturated carbocycles. The van der Waals surface area contributed by atoms with E-state index in [0.29, 0.717) is 29.2 Å². The predicted molar refractivity (Wildman–Crippen MR) is 127 cm³/mol. The topological polar surface area (TPSA) is 68.6 Å². The molecule has 32 heavy (non-hydrogen) atoms. The molecule has 1 N–H and O–H groups in total. The van der Waals surface area contributed by atoms with Gasteiger partial charge in [0, 0.05) is 11.3 Å². The zero-order valence-electron chi connectivity index (χ0n) is 18.3. The summed E-state index contributed by atoms with van der Waals surface area (Å²) in [5.74, 6) is 1.48. The van der Waals surface area contributed by atoms with Crippen LogP contribution in [0.25, 0.3) is 16.9 Å². The Bertz CT molecular complexity index is 1270. The number of hydrogen-bond donors (Lipinski definition) is 1. The third-order valence-corrected chi connectivity index (χ3v) is 5.30. The van der Waals surface area contributed by atoms with Crippen molar-refractivity contribution in [1.82, 2.24) is 9.78 Å². The smallest absolute Gasteiger partial charge is 0.280 e. The molecule has 0 saturated heterocycles. The highest BCUT2D eigenvalue weighted by molar-refractivity contribution is 6.03. The number of aromatic nitrogens is 2. The minimum absolute atomic E-state index is 0.157. The summed E-state index contributed by atoms with van der Waals surface area (Å²) >= 11 is 0. The fourth-order valence-electron chi connectivity index (χ4n) is 3.52. The van der Waals surface area contributed by atoms with Gasteiger partial charge in [0.05, 0.1) is 37.7 Å². The van der Waals surface area contributed by atoms with Crippen LogP contribution in [-0.2, 0) is 6.54 Å². The molecule has 0 fully saturated rings. The Morgan fingerprint density at radius 3 is 2.06 bits per heavy atom. The number of aliphatic imine (C=N–C) groups is 1. The molecule has 0 radical (unpaired) electrons. The Morgan fingerprint density at radius 2 is 1.47 bits per heavy atom. The van der Waals surface area contributed by atoms with Gasteiger partial charge in [-0.25, -0.2) is 4.68 Å². The molecule has 0 atom stereocenters. The summed E-state index contributed by atoms with van der Waals surface area (Å²) in [6.45, 7) is 2.38. The van der Waals surface area contributed by atoms with Gasteiger partial charge in [0.1, 0.15) is 11.5 Å². The fourth-order valence-corrected chi connectivity index (χ4v) is 3.52. The number of aromatic amines is 1. The van der Waals surface area contributed by atoms with Crippen LogP contribution < -0.4 is 15.0 Å². The Hall–Kier alpha value is -4.06. The SMILES string of the molecule is COc1ccc(-c2[nH]n(-c3ccc(OC)cc3)c(=O)c2C(C)=NCc2ccccc2)cc1. The van der Waals surface area contributed by atoms with E-state index in [1.54, 1.807) is 14.2 Å². The fraction of sp³-hybridized carbons (Fsp3) is 0.154. The number of nitrogens with zero attached hydrogens (tertiary/aromatic N) is 2. The second kappa shape index (κ2) is 9.39. The van der Waals surface area contributed by atoms with Crippen LogP contribution >= 0.6 is 0 Å². The second-order valence-corrected chi connectivity index (χ2v) is 7.32. The summed E-state index contributed by atoms with van der Waals surface area (Å²) in [6, 6.07) is 24.9. The first-order chi connectivity index (χ1) is 15.6. The van der Waals surface area contributed by atoms with Crippen LogP contribution in [-0.4, -0.2) is 29.7 Å². The summed E-state index contributed by atoms with van der Waals surface area (Å²) in [7, 11) is 3.24. The summed E-state index contributed by atoms with van der Waals surface area (Å²) in [5.41, 5.74) is 4.45. The van der Waals surface area contributed by atoms with Gasteiger partial charge < -0.3 is 9.47 Å². The first-order valence-electron chi connectivity index (χ1n) is 10.3. The van der Waals surface area contributed by atoms with E-state index >= 15 is 0 Å². The van der Waals surface area contributed by atoms with Crippen molar-refractivity contribution in [2.24, 2.45) is 4.99 Å². The highest BCUT2D eigenvalue weighted by Crippen LogP contribution is 2.25. The van der Waals surface area contributed by atoms with Crippen LogP contribution in [0.5, 0.6) is 11.5 Å². The molecule has 0 amide bonds. The van der Waals surface area contributed by atoms with Gasteiger partial charge >= 0.3 is 0 Å². The molecule has 1 aromatic heterocycles. The van der Waals surface area contributed by atoms with E-state index < -0.39 is 0 Å². The van der Waals surface area contributed by atoms with E-state index in [1.807, 2.05) is 85.8 Å². The number of methoxy groups -OCH3 is 2. The molecule has 162 valence electrons. The molecule has 1 heterocycles. The maximum Gasteiger partial charge on any atom is 0.280 e. The predicted octanol–water partition coefficient (Wildman–Crippen LogP) is 4.86. The van der Waals surface area contributed by atoms with Crippen molar-refractivity contribution >= 4 is 5.71 Å². The van der Waals surface area contributed by atoms with E-state index in [4.69, 9.17) is 14.5 Å². The monoisotopic (exact) mass is 427 g/mol. The molecular weight excluding hydrogens is 402 g/mol. The molecule has 4 aromatic rings. The van der Waals surface area contributed by atoms with Crippen molar-refractivity contribution in [3.05, 3.63) is 100 Å². The maximum atomic E-state index is 13.5. The summed E-state index contributed by atoms with van der Waals surface area (Å²) in [6.07, 6.45) is 0. The number of H-pyrrole nitrogens is 1. The lowest BCUT2D eigenvalue weighted by Gasteiger charge is -2.05. The molecule has 6 nitrogen and oxygen atoms in total. The second-order valence-electron chi connectivity index (χ2n) is 7.32. The lowest BCUT2D eigenvalue weighted by molar-refractivity contribution is 0.414. The van der Waals surface area contributed by atoms with Gasteiger partial charge in [0.2, 0.25) is 0 Å². The molecule has 0 unspecified atom stereocenters. The average molecular weight is 428 g/mol. The van der Waals surface area contributed by atoms with E-state index in [9.17, 15) is 4.79 Å². The molecule has 0 spiro atoms. The quantitative estimate of drug-likeness (QED) is 0.428. The van der Waals surface area contributed by atoms with Gasteiger partial charge in [0.25, 0.3) is 5.56 Å². The van der Waals surface area contributed by atoms with Crippen molar-refractivity contribution in [3.63, 3.8) is 0 Å². The van der Waals surface area contributed by atoms with Crippen LogP contribution in [0.4, 0.5) is 0 Å². The molecule has 4 rings (SSSR count). The zero-order valence-corrected chi connectivity index (χ0v) is 18.3. The Kier molecular flexibility index (Phi) is 6.22. The number of benzene rings is 3. The van der Waals surface area contributed by atoms with Crippen LogP contribution in [0.3, 0.4) is 0 Å². The molecule has 0 aliphatic heterocycles. The van der Waals surface area contributed by atoms with Gasteiger partial charge in [-0.3, -0.25) is 14.9 Å². The van der Waals surface area contributed by atoms with Crippen molar-refractivity contribution in [3.8, 4) is 28.4 Å². The average Bonchev–Trinajstić information content (AvgIpc) is 3.20. The largest absolute Gasteiger partial charge is 0.497 e. The highest BCUT2D eigenvalue weighted by atomic mass is 16.5.